The Bertz CT molecular complexity index is 239. The van der Waals surface area contributed by atoms with Gasteiger partial charge in [-0.3, -0.25) is 0 Å². The highest BCUT2D eigenvalue weighted by Gasteiger charge is 2.41. The molecule has 0 saturated heterocycles. The summed E-state index contributed by atoms with van der Waals surface area (Å²) < 4.78 is 5.08. The Morgan fingerprint density at radius 3 is 2.14 bits per heavy atom. The summed E-state index contributed by atoms with van der Waals surface area (Å²) in [4.78, 5) is 21.4. The lowest BCUT2D eigenvalue weighted by Gasteiger charge is -2.32. The van der Waals surface area contributed by atoms with E-state index in [1.807, 2.05) is 13.8 Å². The van der Waals surface area contributed by atoms with Gasteiger partial charge in [0.25, 0.3) is 0 Å². The average Bonchev–Trinajstić information content (AvgIpc) is 2.53. The monoisotopic (exact) mass is 200 g/mol. The Labute approximate surface area is 83.2 Å². The van der Waals surface area contributed by atoms with E-state index in [0.717, 1.165) is 25.7 Å². The summed E-state index contributed by atoms with van der Waals surface area (Å²) in [7, 11) is 0. The summed E-state index contributed by atoms with van der Waals surface area (Å²) in [5.74, 6) is -2.45. The number of rotatable bonds is 2. The predicted molar refractivity (Wildman–Crippen MR) is 49.8 cm³/mol. The first kappa shape index (κ1) is 11.0. The number of hydrogen-bond donors (Lipinski definition) is 1. The number of aliphatic carboxylic acids is 1. The van der Waals surface area contributed by atoms with E-state index in [4.69, 9.17) is 9.84 Å². The molecule has 1 aliphatic carbocycles. The molecular formula is C10H16O4. The van der Waals surface area contributed by atoms with Crippen LogP contribution in [0.25, 0.3) is 0 Å². The maximum atomic E-state index is 11.0. The summed E-state index contributed by atoms with van der Waals surface area (Å²) in [6.07, 6.45) is 3.57. The topological polar surface area (TPSA) is 63.6 Å². The molecule has 14 heavy (non-hydrogen) atoms. The minimum Gasteiger partial charge on any atom is -0.473 e. The third kappa shape index (κ3) is 2.05. The molecule has 1 saturated carbocycles. The Balaban J connectivity index is 2.70. The van der Waals surface area contributed by atoms with E-state index >= 15 is 0 Å². The van der Waals surface area contributed by atoms with Crippen LogP contribution in [0.2, 0.25) is 0 Å². The van der Waals surface area contributed by atoms with Gasteiger partial charge in [-0.2, -0.15) is 0 Å². The fourth-order valence-electron chi connectivity index (χ4n) is 2.00. The van der Waals surface area contributed by atoms with E-state index in [1.54, 1.807) is 0 Å². The summed E-state index contributed by atoms with van der Waals surface area (Å²) in [5.41, 5.74) is -0.532. The zero-order valence-corrected chi connectivity index (χ0v) is 8.58. The van der Waals surface area contributed by atoms with Gasteiger partial charge < -0.3 is 9.84 Å². The molecule has 0 aromatic heterocycles. The van der Waals surface area contributed by atoms with Crippen molar-refractivity contribution in [2.75, 3.05) is 0 Å². The third-order valence-corrected chi connectivity index (χ3v) is 2.97. The number of carboxylic acids is 1. The number of carbonyl (C=O) groups excluding carboxylic acids is 1. The van der Waals surface area contributed by atoms with Crippen molar-refractivity contribution in [2.45, 2.75) is 45.1 Å². The van der Waals surface area contributed by atoms with Crippen molar-refractivity contribution in [1.82, 2.24) is 0 Å². The molecule has 1 fully saturated rings. The fourth-order valence-corrected chi connectivity index (χ4v) is 2.00. The van der Waals surface area contributed by atoms with Gasteiger partial charge in [-0.25, -0.2) is 9.59 Å². The first-order valence-electron chi connectivity index (χ1n) is 4.94. The number of esters is 1. The fraction of sp³-hybridized carbons (Fsp3) is 0.800. The summed E-state index contributed by atoms with van der Waals surface area (Å²) in [6, 6.07) is 0. The third-order valence-electron chi connectivity index (χ3n) is 2.97. The highest BCUT2D eigenvalue weighted by molar-refractivity contribution is 6.28. The Hall–Kier alpha value is -1.06. The zero-order chi connectivity index (χ0) is 10.8. The second kappa shape index (κ2) is 3.98. The van der Waals surface area contributed by atoms with Gasteiger partial charge in [-0.15, -0.1) is 0 Å². The molecule has 80 valence electrons. The van der Waals surface area contributed by atoms with Gasteiger partial charge in [-0.1, -0.05) is 13.8 Å². The normalized spacial score (nSPS) is 19.6. The average molecular weight is 200 g/mol. The van der Waals surface area contributed by atoms with E-state index < -0.39 is 17.5 Å². The molecular weight excluding hydrogens is 184 g/mol. The van der Waals surface area contributed by atoms with Crippen LogP contribution < -0.4 is 0 Å². The summed E-state index contributed by atoms with van der Waals surface area (Å²) >= 11 is 0. The molecule has 0 aliphatic heterocycles. The zero-order valence-electron chi connectivity index (χ0n) is 8.58. The quantitative estimate of drug-likeness (QED) is 0.543. The van der Waals surface area contributed by atoms with Crippen LogP contribution in [0.1, 0.15) is 39.5 Å². The molecule has 0 heterocycles. The van der Waals surface area contributed by atoms with Crippen LogP contribution in [0, 0.1) is 5.92 Å². The van der Waals surface area contributed by atoms with Crippen LogP contribution in [-0.4, -0.2) is 22.6 Å². The van der Waals surface area contributed by atoms with Crippen molar-refractivity contribution in [2.24, 2.45) is 5.92 Å². The molecule has 0 aromatic rings. The molecule has 1 N–H and O–H groups in total. The predicted octanol–water partition coefficient (Wildman–Crippen LogP) is 1.58. The molecule has 0 bridgehead atoms. The van der Waals surface area contributed by atoms with Crippen LogP contribution in [0.5, 0.6) is 0 Å². The van der Waals surface area contributed by atoms with E-state index in [9.17, 15) is 9.59 Å². The minimum absolute atomic E-state index is 0.174. The van der Waals surface area contributed by atoms with Gasteiger partial charge in [0.15, 0.2) is 0 Å². The Morgan fingerprint density at radius 1 is 1.29 bits per heavy atom. The minimum atomic E-state index is -1.50. The van der Waals surface area contributed by atoms with Crippen LogP contribution in [-0.2, 0) is 14.3 Å². The largest absolute Gasteiger partial charge is 0.473 e. The standard InChI is InChI=1S/C10H16O4/c1-7(2)10(5-3-4-6-10)14-9(13)8(11)12/h7H,3-6H2,1-2H3,(H,11,12). The smallest absolute Gasteiger partial charge is 0.417 e. The summed E-state index contributed by atoms with van der Waals surface area (Å²) in [5, 5.41) is 8.46. The molecule has 4 heteroatoms. The van der Waals surface area contributed by atoms with Gasteiger partial charge in [-0.05, 0) is 31.6 Å². The van der Waals surface area contributed by atoms with Gasteiger partial charge >= 0.3 is 11.9 Å². The second-order valence-corrected chi connectivity index (χ2v) is 4.12. The SMILES string of the molecule is CC(C)C1(OC(=O)C(=O)O)CCCC1. The molecule has 0 amide bonds. The van der Waals surface area contributed by atoms with E-state index in [0.29, 0.717) is 0 Å². The first-order chi connectivity index (χ1) is 6.48. The molecule has 0 radical (unpaired) electrons. The number of carboxylic acid groups (broad SMARTS) is 1. The van der Waals surface area contributed by atoms with Gasteiger partial charge in [0.1, 0.15) is 5.60 Å². The lowest BCUT2D eigenvalue weighted by Crippen LogP contribution is -2.39. The lowest BCUT2D eigenvalue weighted by molar-refractivity contribution is -0.177. The molecule has 0 spiro atoms. The van der Waals surface area contributed by atoms with Crippen molar-refractivity contribution in [3.05, 3.63) is 0 Å². The van der Waals surface area contributed by atoms with E-state index in [1.165, 1.54) is 0 Å². The van der Waals surface area contributed by atoms with Crippen molar-refractivity contribution >= 4 is 11.9 Å². The molecule has 0 aromatic carbocycles. The van der Waals surface area contributed by atoms with Crippen molar-refractivity contribution < 1.29 is 19.4 Å². The molecule has 4 nitrogen and oxygen atoms in total. The molecule has 1 rings (SSSR count). The highest BCUT2D eigenvalue weighted by Crippen LogP contribution is 2.39. The maximum absolute atomic E-state index is 11.0. The van der Waals surface area contributed by atoms with Crippen molar-refractivity contribution in [3.8, 4) is 0 Å². The van der Waals surface area contributed by atoms with Gasteiger partial charge in [0.05, 0.1) is 0 Å². The summed E-state index contributed by atoms with van der Waals surface area (Å²) in [6.45, 7) is 3.92. The Kier molecular flexibility index (Phi) is 3.13. The number of hydrogen-bond acceptors (Lipinski definition) is 3. The first-order valence-corrected chi connectivity index (χ1v) is 4.94. The van der Waals surface area contributed by atoms with Crippen molar-refractivity contribution in [3.63, 3.8) is 0 Å². The van der Waals surface area contributed by atoms with Crippen LogP contribution in [0.4, 0.5) is 0 Å². The van der Waals surface area contributed by atoms with Crippen LogP contribution >= 0.6 is 0 Å². The maximum Gasteiger partial charge on any atom is 0.417 e. The van der Waals surface area contributed by atoms with E-state index in [-0.39, 0.29) is 5.92 Å². The molecule has 1 aliphatic rings. The van der Waals surface area contributed by atoms with E-state index in [2.05, 4.69) is 0 Å². The number of ether oxygens (including phenoxy) is 1. The molecule has 0 atom stereocenters. The van der Waals surface area contributed by atoms with Crippen LogP contribution in [0.15, 0.2) is 0 Å². The van der Waals surface area contributed by atoms with Gasteiger partial charge in [0.2, 0.25) is 0 Å². The number of carbonyl (C=O) groups is 2. The second-order valence-electron chi connectivity index (χ2n) is 4.12. The Morgan fingerprint density at radius 2 is 1.79 bits per heavy atom. The van der Waals surface area contributed by atoms with Gasteiger partial charge in [0, 0.05) is 0 Å². The highest BCUT2D eigenvalue weighted by atomic mass is 16.6. The van der Waals surface area contributed by atoms with Crippen molar-refractivity contribution in [1.29, 1.82) is 0 Å². The van der Waals surface area contributed by atoms with Crippen LogP contribution in [0.3, 0.4) is 0 Å². The lowest BCUT2D eigenvalue weighted by atomic mass is 9.88. The molecule has 0 unspecified atom stereocenters.